The normalized spacial score (nSPS) is 10.8. The van der Waals surface area contributed by atoms with Crippen molar-refractivity contribution in [3.05, 3.63) is 66.8 Å². The van der Waals surface area contributed by atoms with Crippen molar-refractivity contribution in [2.24, 2.45) is 0 Å². The molecule has 4 rings (SSSR count). The minimum atomic E-state index is 0.671. The molecule has 1 N–H and O–H groups in total. The van der Waals surface area contributed by atoms with Crippen LogP contribution in [0.15, 0.2) is 65.3 Å². The van der Waals surface area contributed by atoms with Gasteiger partial charge in [0.05, 0.1) is 0 Å². The van der Waals surface area contributed by atoms with Gasteiger partial charge in [0, 0.05) is 19.3 Å². The van der Waals surface area contributed by atoms with Crippen LogP contribution in [0.2, 0.25) is 0 Å². The zero-order chi connectivity index (χ0) is 15.6. The number of aryl methyl sites for hydroxylation is 1. The molecule has 4 aromatic rings. The van der Waals surface area contributed by atoms with Gasteiger partial charge in [-0.3, -0.25) is 0 Å². The average molecular weight is 302 g/mol. The van der Waals surface area contributed by atoms with E-state index in [1.54, 1.807) is 12.4 Å². The number of nitrogens with zero attached hydrogens (tertiary/aromatic N) is 3. The number of pyridine rings is 2. The van der Waals surface area contributed by atoms with E-state index >= 15 is 0 Å². The average Bonchev–Trinajstić information content (AvgIpc) is 2.95. The van der Waals surface area contributed by atoms with E-state index in [4.69, 9.17) is 4.42 Å². The summed E-state index contributed by atoms with van der Waals surface area (Å²) in [6.45, 7) is 1.85. The highest BCUT2D eigenvalue weighted by Crippen LogP contribution is 2.26. The van der Waals surface area contributed by atoms with Gasteiger partial charge >= 0.3 is 0 Å². The van der Waals surface area contributed by atoms with Gasteiger partial charge < -0.3 is 9.73 Å². The Morgan fingerprint density at radius 1 is 0.870 bits per heavy atom. The van der Waals surface area contributed by atoms with E-state index in [0.29, 0.717) is 5.89 Å². The Bertz CT molecular complexity index is 963. The van der Waals surface area contributed by atoms with Crippen molar-refractivity contribution >= 4 is 22.7 Å². The molecule has 23 heavy (non-hydrogen) atoms. The molecule has 0 amide bonds. The van der Waals surface area contributed by atoms with Crippen LogP contribution in [-0.2, 0) is 0 Å². The van der Waals surface area contributed by atoms with Gasteiger partial charge in [0.25, 0.3) is 0 Å². The summed E-state index contributed by atoms with van der Waals surface area (Å²) in [5.74, 6) is 2.18. The van der Waals surface area contributed by atoms with Crippen molar-refractivity contribution < 1.29 is 4.42 Å². The second-order valence-corrected chi connectivity index (χ2v) is 5.19. The van der Waals surface area contributed by atoms with Gasteiger partial charge in [-0.15, -0.1) is 0 Å². The second-order valence-electron chi connectivity index (χ2n) is 5.19. The van der Waals surface area contributed by atoms with Crippen molar-refractivity contribution in [2.75, 3.05) is 5.32 Å². The quantitative estimate of drug-likeness (QED) is 0.610. The van der Waals surface area contributed by atoms with Crippen LogP contribution in [-0.4, -0.2) is 15.0 Å². The zero-order valence-electron chi connectivity index (χ0n) is 12.5. The molecule has 0 radical (unpaired) electrons. The molecule has 3 aromatic heterocycles. The van der Waals surface area contributed by atoms with E-state index in [2.05, 4.69) is 20.3 Å². The first-order valence-corrected chi connectivity index (χ1v) is 7.30. The van der Waals surface area contributed by atoms with E-state index < -0.39 is 0 Å². The maximum atomic E-state index is 5.60. The fraction of sp³-hybridized carbons (Fsp3) is 0.0556. The predicted octanol–water partition coefficient (Wildman–Crippen LogP) is 4.34. The topological polar surface area (TPSA) is 63.8 Å². The van der Waals surface area contributed by atoms with Gasteiger partial charge in [-0.05, 0) is 47.5 Å². The Kier molecular flexibility index (Phi) is 3.24. The molecule has 0 aliphatic carbocycles. The lowest BCUT2D eigenvalue weighted by Gasteiger charge is -2.07. The first-order chi connectivity index (χ1) is 11.3. The molecule has 3 heterocycles. The Morgan fingerprint density at radius 2 is 1.74 bits per heavy atom. The Balaban J connectivity index is 1.69. The number of rotatable bonds is 3. The number of nitrogens with one attached hydrogen (secondary N) is 1. The second kappa shape index (κ2) is 5.53. The summed E-state index contributed by atoms with van der Waals surface area (Å²) in [5, 5.41) is 3.20. The number of aromatic nitrogens is 3. The molecule has 0 atom stereocenters. The summed E-state index contributed by atoms with van der Waals surface area (Å²) >= 11 is 0. The van der Waals surface area contributed by atoms with Crippen LogP contribution in [0, 0.1) is 6.92 Å². The first-order valence-electron chi connectivity index (χ1n) is 7.30. The first kappa shape index (κ1) is 13.5. The number of oxazole rings is 1. The number of benzene rings is 1. The van der Waals surface area contributed by atoms with E-state index in [1.807, 2.05) is 55.5 Å². The molecular weight excluding hydrogens is 288 g/mol. The van der Waals surface area contributed by atoms with Gasteiger partial charge in [-0.25, -0.2) is 15.0 Å². The molecule has 0 aliphatic rings. The van der Waals surface area contributed by atoms with Gasteiger partial charge in [0.2, 0.25) is 0 Å². The lowest BCUT2D eigenvalue weighted by molar-refractivity contribution is 0.561. The van der Waals surface area contributed by atoms with Crippen molar-refractivity contribution in [1.82, 2.24) is 15.0 Å². The van der Waals surface area contributed by atoms with Crippen LogP contribution in [0.25, 0.3) is 22.2 Å². The third kappa shape index (κ3) is 2.76. The van der Waals surface area contributed by atoms with Crippen molar-refractivity contribution in [3.8, 4) is 11.1 Å². The molecular formula is C18H14N4O. The monoisotopic (exact) mass is 302 g/mol. The van der Waals surface area contributed by atoms with Crippen LogP contribution >= 0.6 is 0 Å². The molecule has 5 heteroatoms. The van der Waals surface area contributed by atoms with Crippen LogP contribution in [0.3, 0.4) is 0 Å². The third-order valence-corrected chi connectivity index (χ3v) is 3.51. The Labute approximate surface area is 133 Å². The van der Waals surface area contributed by atoms with Crippen LogP contribution < -0.4 is 5.32 Å². The lowest BCUT2D eigenvalue weighted by Crippen LogP contribution is -1.95. The van der Waals surface area contributed by atoms with Crippen LogP contribution in [0.5, 0.6) is 0 Å². The fourth-order valence-corrected chi connectivity index (χ4v) is 2.47. The molecule has 0 fully saturated rings. The van der Waals surface area contributed by atoms with E-state index in [1.165, 1.54) is 0 Å². The number of fused-ring (bicyclic) bond motifs is 1. The number of hydrogen-bond acceptors (Lipinski definition) is 5. The maximum absolute atomic E-state index is 5.60. The molecule has 0 unspecified atom stereocenters. The SMILES string of the molecule is Cc1nc2ccc(-c3ccnc(Nc4ccccn4)c3)cc2o1. The lowest BCUT2D eigenvalue weighted by atomic mass is 10.1. The minimum absolute atomic E-state index is 0.671. The molecule has 112 valence electrons. The Hall–Kier alpha value is -3.21. The molecule has 0 bridgehead atoms. The molecule has 0 spiro atoms. The predicted molar refractivity (Wildman–Crippen MR) is 89.5 cm³/mol. The van der Waals surface area contributed by atoms with Crippen molar-refractivity contribution in [3.63, 3.8) is 0 Å². The van der Waals surface area contributed by atoms with Gasteiger partial charge in [-0.2, -0.15) is 0 Å². The van der Waals surface area contributed by atoms with E-state index in [-0.39, 0.29) is 0 Å². The fourth-order valence-electron chi connectivity index (χ4n) is 2.47. The summed E-state index contributed by atoms with van der Waals surface area (Å²) in [5.41, 5.74) is 3.76. The summed E-state index contributed by atoms with van der Waals surface area (Å²) in [6, 6.07) is 15.7. The largest absolute Gasteiger partial charge is 0.441 e. The summed E-state index contributed by atoms with van der Waals surface area (Å²) in [6.07, 6.45) is 3.52. The summed E-state index contributed by atoms with van der Waals surface area (Å²) in [4.78, 5) is 12.9. The van der Waals surface area contributed by atoms with Crippen molar-refractivity contribution in [2.45, 2.75) is 6.92 Å². The molecule has 0 saturated heterocycles. The van der Waals surface area contributed by atoms with Crippen molar-refractivity contribution in [1.29, 1.82) is 0 Å². The molecule has 1 aromatic carbocycles. The van der Waals surface area contributed by atoms with Gasteiger partial charge in [0.15, 0.2) is 11.5 Å². The standard InChI is InChI=1S/C18H14N4O/c1-12-21-15-6-5-13(10-16(15)23-12)14-7-9-20-18(11-14)22-17-4-2-3-8-19-17/h2-11H,1H3,(H,19,20,22). The Morgan fingerprint density at radius 3 is 2.61 bits per heavy atom. The summed E-state index contributed by atoms with van der Waals surface area (Å²) in [7, 11) is 0. The highest BCUT2D eigenvalue weighted by atomic mass is 16.3. The van der Waals surface area contributed by atoms with E-state index in [9.17, 15) is 0 Å². The number of hydrogen-bond donors (Lipinski definition) is 1. The smallest absolute Gasteiger partial charge is 0.192 e. The van der Waals surface area contributed by atoms with Gasteiger partial charge in [0.1, 0.15) is 17.2 Å². The highest BCUT2D eigenvalue weighted by molar-refractivity contribution is 5.81. The highest BCUT2D eigenvalue weighted by Gasteiger charge is 2.06. The van der Waals surface area contributed by atoms with Crippen LogP contribution in [0.4, 0.5) is 11.6 Å². The molecule has 0 saturated carbocycles. The van der Waals surface area contributed by atoms with Gasteiger partial charge in [-0.1, -0.05) is 12.1 Å². The summed E-state index contributed by atoms with van der Waals surface area (Å²) < 4.78 is 5.60. The number of anilines is 2. The maximum Gasteiger partial charge on any atom is 0.192 e. The minimum Gasteiger partial charge on any atom is -0.441 e. The molecule has 0 aliphatic heterocycles. The third-order valence-electron chi connectivity index (χ3n) is 3.51. The zero-order valence-corrected chi connectivity index (χ0v) is 12.5. The van der Waals surface area contributed by atoms with E-state index in [0.717, 1.165) is 33.9 Å². The molecule has 5 nitrogen and oxygen atoms in total. The van der Waals surface area contributed by atoms with Crippen LogP contribution in [0.1, 0.15) is 5.89 Å².